The van der Waals surface area contributed by atoms with Crippen LogP contribution >= 0.6 is 0 Å². The van der Waals surface area contributed by atoms with E-state index in [4.69, 9.17) is 9.31 Å². The molecule has 0 aliphatic carbocycles. The minimum Gasteiger partial charge on any atom is -0.399 e. The highest BCUT2D eigenvalue weighted by atomic mass is 28.3. The second-order valence-corrected chi connectivity index (χ2v) is 15.5. The zero-order valence-electron chi connectivity index (χ0n) is 20.7. The first-order chi connectivity index (χ1) is 15.4. The Kier molecular flexibility index (Phi) is 6.13. The minimum atomic E-state index is -1.38. The molecular weight excluding hydrogens is 421 g/mol. The van der Waals surface area contributed by atoms with Crippen molar-refractivity contribution in [3.8, 4) is 33.8 Å². The largest absolute Gasteiger partial charge is 0.494 e. The van der Waals surface area contributed by atoms with Crippen molar-refractivity contribution in [3.63, 3.8) is 0 Å². The third-order valence-corrected chi connectivity index (χ3v) is 7.14. The molecule has 5 heteroatoms. The van der Waals surface area contributed by atoms with Crippen LogP contribution in [0.25, 0.3) is 22.4 Å². The number of pyridine rings is 1. The second kappa shape index (κ2) is 8.61. The minimum absolute atomic E-state index is 0.364. The topological polar surface area (TPSA) is 31.4 Å². The summed E-state index contributed by atoms with van der Waals surface area (Å²) in [6.45, 7) is 15.1. The fourth-order valence-corrected chi connectivity index (χ4v) is 4.12. The van der Waals surface area contributed by atoms with Gasteiger partial charge in [0.05, 0.1) is 16.9 Å². The Bertz CT molecular complexity index is 1200. The number of hydrogen-bond donors (Lipinski definition) is 0. The number of aromatic nitrogens is 1. The maximum Gasteiger partial charge on any atom is 0.494 e. The standard InChI is InChI=1S/C28H32BNO2Si/c1-27(2)28(3,4)32-29(31-27)25-10-8-9-24(19-25)26-20-23(15-17-30-26)22-13-11-21(12-14-22)16-18-33(5,6)7/h8-15,17,19-20H,1-7H3. The van der Waals surface area contributed by atoms with Gasteiger partial charge in [-0.3, -0.25) is 4.98 Å². The van der Waals surface area contributed by atoms with Gasteiger partial charge in [-0.05, 0) is 74.1 Å². The van der Waals surface area contributed by atoms with Crippen LogP contribution in [0.2, 0.25) is 19.6 Å². The van der Waals surface area contributed by atoms with E-state index < -0.39 is 8.07 Å². The van der Waals surface area contributed by atoms with Crippen LogP contribution < -0.4 is 5.46 Å². The van der Waals surface area contributed by atoms with Gasteiger partial charge in [-0.1, -0.05) is 62.0 Å². The lowest BCUT2D eigenvalue weighted by atomic mass is 9.78. The van der Waals surface area contributed by atoms with E-state index in [2.05, 4.69) is 112 Å². The Hall–Kier alpha value is -2.65. The number of rotatable bonds is 3. The van der Waals surface area contributed by atoms with Crippen molar-refractivity contribution in [2.24, 2.45) is 0 Å². The molecule has 0 spiro atoms. The van der Waals surface area contributed by atoms with Gasteiger partial charge in [-0.2, -0.15) is 0 Å². The zero-order valence-corrected chi connectivity index (χ0v) is 21.7. The monoisotopic (exact) mass is 453 g/mol. The van der Waals surface area contributed by atoms with Gasteiger partial charge < -0.3 is 9.31 Å². The molecule has 0 amide bonds. The van der Waals surface area contributed by atoms with Crippen LogP contribution in [0.15, 0.2) is 66.9 Å². The molecule has 0 saturated carbocycles. The average molecular weight is 453 g/mol. The molecule has 0 unspecified atom stereocenters. The molecule has 4 rings (SSSR count). The highest BCUT2D eigenvalue weighted by Gasteiger charge is 2.51. The summed E-state index contributed by atoms with van der Waals surface area (Å²) in [4.78, 5) is 4.63. The highest BCUT2D eigenvalue weighted by molar-refractivity contribution is 6.83. The third-order valence-electron chi connectivity index (χ3n) is 6.27. The maximum atomic E-state index is 6.23. The van der Waals surface area contributed by atoms with E-state index in [0.29, 0.717) is 0 Å². The first kappa shape index (κ1) is 23.5. The van der Waals surface area contributed by atoms with Gasteiger partial charge in [0, 0.05) is 11.8 Å². The molecule has 1 aliphatic rings. The van der Waals surface area contributed by atoms with Crippen molar-refractivity contribution in [2.75, 3.05) is 0 Å². The van der Waals surface area contributed by atoms with E-state index in [0.717, 1.165) is 33.4 Å². The molecule has 2 heterocycles. The Labute approximate surface area is 199 Å². The van der Waals surface area contributed by atoms with E-state index in [-0.39, 0.29) is 18.3 Å². The highest BCUT2D eigenvalue weighted by Crippen LogP contribution is 2.36. The number of nitrogens with zero attached hydrogens (tertiary/aromatic N) is 1. The molecule has 0 bridgehead atoms. The molecule has 1 aromatic heterocycles. The number of hydrogen-bond acceptors (Lipinski definition) is 3. The molecule has 33 heavy (non-hydrogen) atoms. The molecule has 1 saturated heterocycles. The molecule has 3 aromatic rings. The van der Waals surface area contributed by atoms with Crippen LogP contribution in [0.1, 0.15) is 33.3 Å². The smallest absolute Gasteiger partial charge is 0.399 e. The quantitative estimate of drug-likeness (QED) is 0.363. The van der Waals surface area contributed by atoms with E-state index in [1.54, 1.807) is 0 Å². The van der Waals surface area contributed by atoms with Crippen LogP contribution in [0, 0.1) is 11.5 Å². The van der Waals surface area contributed by atoms with Crippen molar-refractivity contribution in [1.82, 2.24) is 4.98 Å². The Morgan fingerprint density at radius 3 is 2.09 bits per heavy atom. The predicted octanol–water partition coefficient (Wildman–Crippen LogP) is 5.94. The van der Waals surface area contributed by atoms with Crippen molar-refractivity contribution >= 4 is 20.7 Å². The first-order valence-electron chi connectivity index (χ1n) is 11.5. The summed E-state index contributed by atoms with van der Waals surface area (Å²) in [5.74, 6) is 3.32. The summed E-state index contributed by atoms with van der Waals surface area (Å²) in [7, 11) is -1.77. The fraction of sp³-hybridized carbons (Fsp3) is 0.321. The van der Waals surface area contributed by atoms with Crippen molar-refractivity contribution in [2.45, 2.75) is 58.5 Å². The second-order valence-electron chi connectivity index (χ2n) is 10.7. The summed E-state index contributed by atoms with van der Waals surface area (Å²) in [5, 5.41) is 0. The van der Waals surface area contributed by atoms with E-state index >= 15 is 0 Å². The normalized spacial score (nSPS) is 16.9. The fourth-order valence-electron chi connectivity index (χ4n) is 3.60. The molecule has 0 atom stereocenters. The van der Waals surface area contributed by atoms with Crippen molar-refractivity contribution < 1.29 is 9.31 Å². The summed E-state index contributed by atoms with van der Waals surface area (Å²) in [6, 6.07) is 20.9. The Morgan fingerprint density at radius 1 is 0.788 bits per heavy atom. The summed E-state index contributed by atoms with van der Waals surface area (Å²) in [5.41, 5.74) is 9.01. The van der Waals surface area contributed by atoms with Crippen LogP contribution in [0.3, 0.4) is 0 Å². The van der Waals surface area contributed by atoms with Crippen LogP contribution in [-0.2, 0) is 9.31 Å². The summed E-state index contributed by atoms with van der Waals surface area (Å²) < 4.78 is 12.5. The first-order valence-corrected chi connectivity index (χ1v) is 15.0. The molecule has 168 valence electrons. The maximum absolute atomic E-state index is 6.23. The summed E-state index contributed by atoms with van der Waals surface area (Å²) >= 11 is 0. The van der Waals surface area contributed by atoms with Crippen molar-refractivity contribution in [1.29, 1.82) is 0 Å². The van der Waals surface area contributed by atoms with E-state index in [1.165, 1.54) is 0 Å². The lowest BCUT2D eigenvalue weighted by Crippen LogP contribution is -2.41. The van der Waals surface area contributed by atoms with Gasteiger partial charge in [-0.15, -0.1) is 5.54 Å². The molecule has 0 N–H and O–H groups in total. The Balaban J connectivity index is 1.59. The molecule has 1 fully saturated rings. The van der Waals surface area contributed by atoms with E-state index in [1.807, 2.05) is 18.3 Å². The summed E-state index contributed by atoms with van der Waals surface area (Å²) in [6.07, 6.45) is 1.87. The molecule has 0 radical (unpaired) electrons. The van der Waals surface area contributed by atoms with Crippen LogP contribution in [0.5, 0.6) is 0 Å². The average Bonchev–Trinajstić information content (AvgIpc) is 2.99. The SMILES string of the molecule is CC1(C)OB(c2cccc(-c3cc(-c4ccc(C#C[Si](C)(C)C)cc4)ccn3)c2)OC1(C)C. The predicted molar refractivity (Wildman–Crippen MR) is 141 cm³/mol. The van der Waals surface area contributed by atoms with Gasteiger partial charge in [-0.25, -0.2) is 0 Å². The lowest BCUT2D eigenvalue weighted by Gasteiger charge is -2.32. The number of benzene rings is 2. The van der Waals surface area contributed by atoms with Crippen LogP contribution in [-0.4, -0.2) is 31.4 Å². The van der Waals surface area contributed by atoms with Gasteiger partial charge in [0.25, 0.3) is 0 Å². The third kappa shape index (κ3) is 5.30. The Morgan fingerprint density at radius 2 is 1.45 bits per heavy atom. The van der Waals surface area contributed by atoms with Gasteiger partial charge in [0.1, 0.15) is 8.07 Å². The zero-order chi connectivity index (χ0) is 23.9. The van der Waals surface area contributed by atoms with Gasteiger partial charge >= 0.3 is 7.12 Å². The van der Waals surface area contributed by atoms with E-state index in [9.17, 15) is 0 Å². The van der Waals surface area contributed by atoms with Crippen molar-refractivity contribution in [3.05, 3.63) is 72.4 Å². The molecule has 1 aliphatic heterocycles. The van der Waals surface area contributed by atoms with Crippen LogP contribution in [0.4, 0.5) is 0 Å². The van der Waals surface area contributed by atoms with Gasteiger partial charge in [0.15, 0.2) is 0 Å². The van der Waals surface area contributed by atoms with Gasteiger partial charge in [0.2, 0.25) is 0 Å². The molecule has 3 nitrogen and oxygen atoms in total. The molecule has 2 aromatic carbocycles. The lowest BCUT2D eigenvalue weighted by molar-refractivity contribution is 0.00578. The molecular formula is C28H32BNO2Si.